The Bertz CT molecular complexity index is 1210. The van der Waals surface area contributed by atoms with E-state index in [1.807, 2.05) is 17.0 Å². The molecule has 2 aromatic heterocycles. The molecule has 2 aliphatic rings. The third-order valence-electron chi connectivity index (χ3n) is 6.75. The zero-order chi connectivity index (χ0) is 22.4. The molecule has 8 heteroatoms. The van der Waals surface area contributed by atoms with Gasteiger partial charge in [-0.15, -0.1) is 11.3 Å². The lowest BCUT2D eigenvalue weighted by Crippen LogP contribution is -2.42. The van der Waals surface area contributed by atoms with Gasteiger partial charge in [-0.25, -0.2) is 14.8 Å². The summed E-state index contributed by atoms with van der Waals surface area (Å²) < 4.78 is 4.81. The predicted molar refractivity (Wildman–Crippen MR) is 126 cm³/mol. The van der Waals surface area contributed by atoms with Crippen LogP contribution >= 0.6 is 11.3 Å². The molecule has 0 N–H and O–H groups in total. The average molecular weight is 451 g/mol. The third kappa shape index (κ3) is 3.43. The summed E-state index contributed by atoms with van der Waals surface area (Å²) in [4.78, 5) is 40.7. The van der Waals surface area contributed by atoms with E-state index in [9.17, 15) is 9.59 Å². The van der Waals surface area contributed by atoms with Gasteiger partial charge in [-0.05, 0) is 62.4 Å². The van der Waals surface area contributed by atoms with Crippen molar-refractivity contribution in [1.29, 1.82) is 0 Å². The lowest BCUT2D eigenvalue weighted by Gasteiger charge is -2.34. The Morgan fingerprint density at radius 1 is 1.12 bits per heavy atom. The van der Waals surface area contributed by atoms with E-state index < -0.39 is 0 Å². The Balaban J connectivity index is 1.30. The number of anilines is 2. The first-order chi connectivity index (χ1) is 15.5. The number of hydrogen-bond acceptors (Lipinski definition) is 7. The monoisotopic (exact) mass is 450 g/mol. The summed E-state index contributed by atoms with van der Waals surface area (Å²) >= 11 is 1.71. The van der Waals surface area contributed by atoms with Gasteiger partial charge in [0.25, 0.3) is 0 Å². The smallest absolute Gasteiger partial charge is 0.337 e. The second-order valence-electron chi connectivity index (χ2n) is 8.50. The molecule has 0 spiro atoms. The van der Waals surface area contributed by atoms with Crippen LogP contribution in [0.15, 0.2) is 24.5 Å². The van der Waals surface area contributed by atoms with E-state index in [-0.39, 0.29) is 17.8 Å². The SMILES string of the molecule is COC(=O)c1ccc2c(c1)CCN2C(=O)C1CCN(c2ncnc3sc(C)c(C)c23)CC1. The minimum Gasteiger partial charge on any atom is -0.465 e. The zero-order valence-corrected chi connectivity index (χ0v) is 19.4. The van der Waals surface area contributed by atoms with E-state index in [4.69, 9.17) is 4.74 Å². The van der Waals surface area contributed by atoms with Crippen molar-refractivity contribution in [3.8, 4) is 0 Å². The van der Waals surface area contributed by atoms with Crippen LogP contribution in [0.1, 0.15) is 39.2 Å². The van der Waals surface area contributed by atoms with Crippen LogP contribution in [0.5, 0.6) is 0 Å². The van der Waals surface area contributed by atoms with Crippen molar-refractivity contribution >= 4 is 44.9 Å². The van der Waals surface area contributed by atoms with Crippen molar-refractivity contribution in [2.75, 3.05) is 36.5 Å². The third-order valence-corrected chi connectivity index (χ3v) is 7.87. The highest BCUT2D eigenvalue weighted by Crippen LogP contribution is 2.37. The van der Waals surface area contributed by atoms with Crippen LogP contribution < -0.4 is 9.80 Å². The normalized spacial score (nSPS) is 16.5. The highest BCUT2D eigenvalue weighted by atomic mass is 32.1. The summed E-state index contributed by atoms with van der Waals surface area (Å²) in [6, 6.07) is 5.47. The maximum absolute atomic E-state index is 13.3. The number of rotatable bonds is 3. The summed E-state index contributed by atoms with van der Waals surface area (Å²) in [5.74, 6) is 0.828. The Labute approximate surface area is 191 Å². The fourth-order valence-electron chi connectivity index (χ4n) is 4.84. The average Bonchev–Trinajstić information content (AvgIpc) is 3.38. The van der Waals surface area contributed by atoms with Crippen LogP contribution in [0.25, 0.3) is 10.2 Å². The minimum absolute atomic E-state index is 0.000111. The fourth-order valence-corrected chi connectivity index (χ4v) is 5.83. The second-order valence-corrected chi connectivity index (χ2v) is 9.70. The van der Waals surface area contributed by atoms with Crippen LogP contribution in [0, 0.1) is 19.8 Å². The lowest BCUT2D eigenvalue weighted by molar-refractivity contribution is -0.122. The molecule has 7 nitrogen and oxygen atoms in total. The van der Waals surface area contributed by atoms with Gasteiger partial charge in [-0.2, -0.15) is 0 Å². The quantitative estimate of drug-likeness (QED) is 0.564. The van der Waals surface area contributed by atoms with Gasteiger partial charge in [0.1, 0.15) is 17.0 Å². The fraction of sp³-hybridized carbons (Fsp3) is 0.417. The molecule has 4 heterocycles. The van der Waals surface area contributed by atoms with Gasteiger partial charge in [0.15, 0.2) is 0 Å². The number of ether oxygens (including phenoxy) is 1. The van der Waals surface area contributed by atoms with E-state index >= 15 is 0 Å². The van der Waals surface area contributed by atoms with Crippen molar-refractivity contribution in [2.45, 2.75) is 33.1 Å². The van der Waals surface area contributed by atoms with Crippen molar-refractivity contribution in [1.82, 2.24) is 9.97 Å². The van der Waals surface area contributed by atoms with Crippen LogP contribution in [0.2, 0.25) is 0 Å². The maximum Gasteiger partial charge on any atom is 0.337 e. The molecule has 166 valence electrons. The number of carbonyl (C=O) groups excluding carboxylic acids is 2. The summed E-state index contributed by atoms with van der Waals surface area (Å²) in [6.45, 7) is 6.53. The molecule has 1 saturated heterocycles. The van der Waals surface area contributed by atoms with Crippen LogP contribution in [-0.4, -0.2) is 48.6 Å². The Kier molecular flexibility index (Phi) is 5.33. The molecule has 1 fully saturated rings. The molecule has 0 radical (unpaired) electrons. The van der Waals surface area contributed by atoms with Crippen molar-refractivity contribution < 1.29 is 14.3 Å². The first kappa shape index (κ1) is 20.9. The summed E-state index contributed by atoms with van der Waals surface area (Å²) in [6.07, 6.45) is 4.02. The molecule has 3 aromatic rings. The number of hydrogen-bond donors (Lipinski definition) is 0. The molecule has 5 rings (SSSR count). The van der Waals surface area contributed by atoms with E-state index in [2.05, 4.69) is 28.7 Å². The summed E-state index contributed by atoms with van der Waals surface area (Å²) in [5, 5.41) is 1.15. The van der Waals surface area contributed by atoms with Crippen LogP contribution in [0.4, 0.5) is 11.5 Å². The number of esters is 1. The predicted octanol–water partition coefficient (Wildman–Crippen LogP) is 3.90. The van der Waals surface area contributed by atoms with Gasteiger partial charge in [-0.3, -0.25) is 4.79 Å². The van der Waals surface area contributed by atoms with E-state index in [1.54, 1.807) is 23.7 Å². The Morgan fingerprint density at radius 3 is 2.66 bits per heavy atom. The second kappa shape index (κ2) is 8.16. The molecule has 0 bridgehead atoms. The number of nitrogens with zero attached hydrogens (tertiary/aromatic N) is 4. The molecular weight excluding hydrogens is 424 g/mol. The first-order valence-electron chi connectivity index (χ1n) is 11.0. The molecule has 0 unspecified atom stereocenters. The van der Waals surface area contributed by atoms with Crippen LogP contribution in [0.3, 0.4) is 0 Å². The number of thiophene rings is 1. The molecule has 1 aromatic carbocycles. The number of carbonyl (C=O) groups is 2. The van der Waals surface area contributed by atoms with Crippen LogP contribution in [-0.2, 0) is 16.0 Å². The molecular formula is C24H26N4O3S. The molecule has 0 atom stereocenters. The topological polar surface area (TPSA) is 75.6 Å². The number of benzene rings is 1. The molecule has 32 heavy (non-hydrogen) atoms. The molecule has 0 saturated carbocycles. The van der Waals surface area contributed by atoms with Crippen molar-refractivity contribution in [2.24, 2.45) is 5.92 Å². The molecule has 2 aliphatic heterocycles. The van der Waals surface area contributed by atoms with Gasteiger partial charge in [0.2, 0.25) is 5.91 Å². The zero-order valence-electron chi connectivity index (χ0n) is 18.6. The Hall–Kier alpha value is -3.00. The number of aryl methyl sites for hydroxylation is 2. The van der Waals surface area contributed by atoms with Gasteiger partial charge >= 0.3 is 5.97 Å². The summed E-state index contributed by atoms with van der Waals surface area (Å²) in [5.41, 5.74) is 3.74. The van der Waals surface area contributed by atoms with Gasteiger partial charge < -0.3 is 14.5 Å². The highest BCUT2D eigenvalue weighted by molar-refractivity contribution is 7.18. The standard InChI is InChI=1S/C24H26N4O3S/c1-14-15(2)32-22-20(14)21(25-13-26-22)27-9-6-16(7-10-27)23(29)28-11-8-17-12-18(24(30)31-3)4-5-19(17)28/h4-5,12-13,16H,6-11H2,1-3H3. The number of aromatic nitrogens is 2. The van der Waals surface area contributed by atoms with Gasteiger partial charge in [0.05, 0.1) is 18.1 Å². The number of fused-ring (bicyclic) bond motifs is 2. The first-order valence-corrected chi connectivity index (χ1v) is 11.8. The molecule has 0 aliphatic carbocycles. The lowest BCUT2D eigenvalue weighted by atomic mass is 9.95. The van der Waals surface area contributed by atoms with Gasteiger partial charge in [0, 0.05) is 36.1 Å². The van der Waals surface area contributed by atoms with E-state index in [1.165, 1.54) is 17.6 Å². The van der Waals surface area contributed by atoms with Crippen molar-refractivity contribution in [3.63, 3.8) is 0 Å². The van der Waals surface area contributed by atoms with E-state index in [0.717, 1.165) is 59.6 Å². The van der Waals surface area contributed by atoms with Gasteiger partial charge in [-0.1, -0.05) is 0 Å². The number of methoxy groups -OCH3 is 1. The molecule has 1 amide bonds. The van der Waals surface area contributed by atoms with Crippen molar-refractivity contribution in [3.05, 3.63) is 46.1 Å². The Morgan fingerprint density at radius 2 is 1.91 bits per heavy atom. The highest BCUT2D eigenvalue weighted by Gasteiger charge is 2.33. The number of piperidine rings is 1. The maximum atomic E-state index is 13.3. The minimum atomic E-state index is -0.347. The summed E-state index contributed by atoms with van der Waals surface area (Å²) in [7, 11) is 1.38. The van der Waals surface area contributed by atoms with E-state index in [0.29, 0.717) is 12.1 Å². The number of amides is 1. The largest absolute Gasteiger partial charge is 0.465 e.